The third-order valence-electron chi connectivity index (χ3n) is 3.38. The summed E-state index contributed by atoms with van der Waals surface area (Å²) in [5.41, 5.74) is 0.135. The van der Waals surface area contributed by atoms with Crippen molar-refractivity contribution in [2.75, 3.05) is 25.1 Å². The van der Waals surface area contributed by atoms with Crippen LogP contribution in [0, 0.1) is 11.8 Å². The highest BCUT2D eigenvalue weighted by molar-refractivity contribution is 5.87. The maximum Gasteiger partial charge on any atom is 0.358 e. The summed E-state index contributed by atoms with van der Waals surface area (Å²) in [5.74, 6) is -0.886. The van der Waals surface area contributed by atoms with Crippen molar-refractivity contribution in [1.82, 2.24) is 10.2 Å². The molecule has 0 saturated carbocycles. The minimum Gasteiger partial charge on any atom is -0.481 e. The molecule has 108 valence electrons. The first-order valence-corrected chi connectivity index (χ1v) is 6.41. The van der Waals surface area contributed by atoms with Crippen molar-refractivity contribution >= 4 is 17.8 Å². The number of rotatable bonds is 3. The van der Waals surface area contributed by atoms with Crippen molar-refractivity contribution in [2.45, 2.75) is 13.3 Å². The number of piperidine rings is 1. The highest BCUT2D eigenvalue weighted by atomic mass is 16.5. The summed E-state index contributed by atoms with van der Waals surface area (Å²) >= 11 is 0. The number of carboxylic acids is 1. The van der Waals surface area contributed by atoms with E-state index in [1.54, 1.807) is 6.07 Å². The fourth-order valence-corrected chi connectivity index (χ4v) is 2.42. The molecule has 1 fully saturated rings. The first-order chi connectivity index (χ1) is 9.51. The van der Waals surface area contributed by atoms with Crippen LogP contribution >= 0.6 is 0 Å². The maximum absolute atomic E-state index is 11.3. The van der Waals surface area contributed by atoms with Crippen LogP contribution in [0.5, 0.6) is 0 Å². The molecule has 7 nitrogen and oxygen atoms in total. The van der Waals surface area contributed by atoms with E-state index >= 15 is 0 Å². The Hall–Kier alpha value is -2.18. The molecule has 1 aromatic rings. The van der Waals surface area contributed by atoms with Gasteiger partial charge in [-0.1, -0.05) is 6.92 Å². The number of esters is 1. The topological polar surface area (TPSA) is 92.6 Å². The van der Waals surface area contributed by atoms with Crippen LogP contribution in [0.2, 0.25) is 0 Å². The van der Waals surface area contributed by atoms with Gasteiger partial charge in [-0.25, -0.2) is 4.79 Å². The van der Waals surface area contributed by atoms with Gasteiger partial charge >= 0.3 is 11.9 Å². The molecule has 1 aliphatic heterocycles. The normalized spacial score (nSPS) is 22.4. The lowest BCUT2D eigenvalue weighted by Gasteiger charge is -2.35. The molecule has 0 bridgehead atoms. The molecule has 1 saturated heterocycles. The van der Waals surface area contributed by atoms with Gasteiger partial charge in [0.25, 0.3) is 0 Å². The number of hydrogen-bond acceptors (Lipinski definition) is 6. The summed E-state index contributed by atoms with van der Waals surface area (Å²) in [6, 6.07) is 3.19. The van der Waals surface area contributed by atoms with E-state index in [2.05, 4.69) is 14.9 Å². The van der Waals surface area contributed by atoms with E-state index in [9.17, 15) is 9.59 Å². The summed E-state index contributed by atoms with van der Waals surface area (Å²) in [6.07, 6.45) is 0.666. The third-order valence-corrected chi connectivity index (χ3v) is 3.38. The van der Waals surface area contributed by atoms with Gasteiger partial charge in [0.05, 0.1) is 13.0 Å². The van der Waals surface area contributed by atoms with E-state index in [0.717, 1.165) is 6.54 Å². The number of methoxy groups -OCH3 is 1. The van der Waals surface area contributed by atoms with Gasteiger partial charge in [-0.2, -0.15) is 0 Å². The van der Waals surface area contributed by atoms with E-state index in [4.69, 9.17) is 5.11 Å². The van der Waals surface area contributed by atoms with Crippen molar-refractivity contribution in [3.63, 3.8) is 0 Å². The molecule has 1 aromatic heterocycles. The molecule has 0 spiro atoms. The Bertz CT molecular complexity index is 503. The Balaban J connectivity index is 2.14. The average molecular weight is 279 g/mol. The smallest absolute Gasteiger partial charge is 0.358 e. The molecule has 0 aromatic carbocycles. The Morgan fingerprint density at radius 1 is 1.35 bits per heavy atom. The zero-order valence-electron chi connectivity index (χ0n) is 11.4. The quantitative estimate of drug-likeness (QED) is 0.818. The molecule has 2 heterocycles. The number of anilines is 1. The Morgan fingerprint density at radius 3 is 2.65 bits per heavy atom. The van der Waals surface area contributed by atoms with Gasteiger partial charge < -0.3 is 14.7 Å². The summed E-state index contributed by atoms with van der Waals surface area (Å²) < 4.78 is 4.55. The van der Waals surface area contributed by atoms with Gasteiger partial charge in [-0.15, -0.1) is 10.2 Å². The summed E-state index contributed by atoms with van der Waals surface area (Å²) in [5, 5.41) is 16.9. The predicted molar refractivity (Wildman–Crippen MR) is 70.5 cm³/mol. The van der Waals surface area contributed by atoms with Crippen molar-refractivity contribution in [2.24, 2.45) is 11.8 Å². The zero-order valence-corrected chi connectivity index (χ0v) is 11.4. The molecule has 1 aliphatic rings. The molecule has 0 amide bonds. The van der Waals surface area contributed by atoms with Gasteiger partial charge in [0, 0.05) is 13.1 Å². The number of carbonyl (C=O) groups is 2. The minimum absolute atomic E-state index is 0.135. The SMILES string of the molecule is COC(=O)c1ccc(N2CC(C)CC(C(=O)O)C2)nn1. The highest BCUT2D eigenvalue weighted by Crippen LogP contribution is 2.25. The Kier molecular flexibility index (Phi) is 4.16. The van der Waals surface area contributed by atoms with Crippen LogP contribution in [0.3, 0.4) is 0 Å². The monoisotopic (exact) mass is 279 g/mol. The molecule has 1 N–H and O–H groups in total. The number of aliphatic carboxylic acids is 1. The summed E-state index contributed by atoms with van der Waals surface area (Å²) in [4.78, 5) is 24.3. The highest BCUT2D eigenvalue weighted by Gasteiger charge is 2.30. The van der Waals surface area contributed by atoms with Crippen LogP contribution < -0.4 is 4.90 Å². The lowest BCUT2D eigenvalue weighted by atomic mass is 9.90. The number of ether oxygens (including phenoxy) is 1. The third kappa shape index (κ3) is 3.04. The van der Waals surface area contributed by atoms with Crippen LogP contribution in [0.1, 0.15) is 23.8 Å². The molecule has 20 heavy (non-hydrogen) atoms. The average Bonchev–Trinajstić information content (AvgIpc) is 2.46. The predicted octanol–water partition coefficient (Wildman–Crippen LogP) is 0.810. The van der Waals surface area contributed by atoms with Crippen LogP contribution in [0.25, 0.3) is 0 Å². The van der Waals surface area contributed by atoms with Crippen molar-refractivity contribution < 1.29 is 19.4 Å². The molecule has 2 atom stereocenters. The second-order valence-corrected chi connectivity index (χ2v) is 5.05. The second-order valence-electron chi connectivity index (χ2n) is 5.05. The van der Waals surface area contributed by atoms with E-state index in [-0.39, 0.29) is 11.6 Å². The van der Waals surface area contributed by atoms with E-state index in [0.29, 0.717) is 18.8 Å². The van der Waals surface area contributed by atoms with Crippen molar-refractivity contribution in [3.8, 4) is 0 Å². The first-order valence-electron chi connectivity index (χ1n) is 6.41. The molecule has 2 unspecified atom stereocenters. The number of aromatic nitrogens is 2. The second kappa shape index (κ2) is 5.85. The number of nitrogens with zero attached hydrogens (tertiary/aromatic N) is 3. The molecule has 0 radical (unpaired) electrons. The van der Waals surface area contributed by atoms with Gasteiger partial charge in [0.2, 0.25) is 0 Å². The van der Waals surface area contributed by atoms with Gasteiger partial charge in [0.1, 0.15) is 0 Å². The van der Waals surface area contributed by atoms with Crippen molar-refractivity contribution in [3.05, 3.63) is 17.8 Å². The fraction of sp³-hybridized carbons (Fsp3) is 0.538. The summed E-state index contributed by atoms with van der Waals surface area (Å²) in [6.45, 7) is 3.15. The standard InChI is InChI=1S/C13H17N3O4/c1-8-5-9(12(17)18)7-16(6-8)11-4-3-10(14-15-11)13(19)20-2/h3-4,8-9H,5-7H2,1-2H3,(H,17,18). The van der Waals surface area contributed by atoms with Crippen LogP contribution in [0.15, 0.2) is 12.1 Å². The van der Waals surface area contributed by atoms with Crippen LogP contribution in [-0.2, 0) is 9.53 Å². The Labute approximate surface area is 116 Å². The van der Waals surface area contributed by atoms with Crippen LogP contribution in [0.4, 0.5) is 5.82 Å². The molecule has 2 rings (SSSR count). The maximum atomic E-state index is 11.3. The molecule has 7 heteroatoms. The fourth-order valence-electron chi connectivity index (χ4n) is 2.42. The summed E-state index contributed by atoms with van der Waals surface area (Å²) in [7, 11) is 1.28. The van der Waals surface area contributed by atoms with Crippen LogP contribution in [-0.4, -0.2) is 47.4 Å². The molecule has 0 aliphatic carbocycles. The van der Waals surface area contributed by atoms with Gasteiger partial charge in [-0.05, 0) is 24.5 Å². The van der Waals surface area contributed by atoms with E-state index in [1.807, 2.05) is 11.8 Å². The minimum atomic E-state index is -0.791. The first kappa shape index (κ1) is 14.2. The lowest BCUT2D eigenvalue weighted by molar-refractivity contribution is -0.142. The molecular formula is C13H17N3O4. The van der Waals surface area contributed by atoms with Gasteiger partial charge in [0.15, 0.2) is 11.5 Å². The van der Waals surface area contributed by atoms with E-state index < -0.39 is 17.9 Å². The van der Waals surface area contributed by atoms with E-state index in [1.165, 1.54) is 13.2 Å². The Morgan fingerprint density at radius 2 is 2.10 bits per heavy atom. The zero-order chi connectivity index (χ0) is 14.7. The largest absolute Gasteiger partial charge is 0.481 e. The number of hydrogen-bond donors (Lipinski definition) is 1. The van der Waals surface area contributed by atoms with Gasteiger partial charge in [-0.3, -0.25) is 4.79 Å². The van der Waals surface area contributed by atoms with Crippen molar-refractivity contribution in [1.29, 1.82) is 0 Å². The number of carbonyl (C=O) groups excluding carboxylic acids is 1. The molecular weight excluding hydrogens is 262 g/mol. The number of carboxylic acid groups (broad SMARTS) is 1. The lowest BCUT2D eigenvalue weighted by Crippen LogP contribution is -2.43.